The van der Waals surface area contributed by atoms with Gasteiger partial charge in [-0.25, -0.2) is 0 Å². The molecule has 0 aliphatic heterocycles. The van der Waals surface area contributed by atoms with Crippen LogP contribution in [0.15, 0.2) is 42.6 Å². The van der Waals surface area contributed by atoms with Crippen molar-refractivity contribution < 1.29 is 4.79 Å². The molecule has 1 N–H and O–H groups in total. The number of rotatable bonds is 6. The van der Waals surface area contributed by atoms with Gasteiger partial charge in [0.15, 0.2) is 0 Å². The average Bonchev–Trinajstić information content (AvgIpc) is 2.55. The molecule has 0 radical (unpaired) electrons. The standard InChI is InChI=1S/C19H25N3O/c1-5-17(22(3)4)13-21-19(23)16-8-6-15(7-9-16)18-12-14(2)10-11-20-18/h6-12,17H,5,13H2,1-4H3,(H,21,23)/t17-/m1/s1. The Hall–Kier alpha value is -2.20. The van der Waals surface area contributed by atoms with Crippen molar-refractivity contribution in [2.45, 2.75) is 26.3 Å². The highest BCUT2D eigenvalue weighted by Crippen LogP contribution is 2.18. The maximum Gasteiger partial charge on any atom is 0.251 e. The molecule has 1 heterocycles. The second-order valence-corrected chi connectivity index (χ2v) is 6.03. The molecule has 4 nitrogen and oxygen atoms in total. The Morgan fingerprint density at radius 1 is 1.22 bits per heavy atom. The van der Waals surface area contributed by atoms with Crippen molar-refractivity contribution in [1.29, 1.82) is 0 Å². The fourth-order valence-corrected chi connectivity index (χ4v) is 2.49. The van der Waals surface area contributed by atoms with Gasteiger partial charge in [0.05, 0.1) is 5.69 Å². The van der Waals surface area contributed by atoms with Crippen molar-refractivity contribution in [3.63, 3.8) is 0 Å². The Kier molecular flexibility index (Phi) is 5.88. The lowest BCUT2D eigenvalue weighted by Crippen LogP contribution is -2.39. The average molecular weight is 311 g/mol. The lowest BCUT2D eigenvalue weighted by molar-refractivity contribution is 0.0941. The molecule has 0 fully saturated rings. The van der Waals surface area contributed by atoms with E-state index >= 15 is 0 Å². The van der Waals surface area contributed by atoms with Crippen LogP contribution in [0.25, 0.3) is 11.3 Å². The van der Waals surface area contributed by atoms with Crippen LogP contribution in [0, 0.1) is 6.92 Å². The molecule has 0 saturated carbocycles. The normalized spacial score (nSPS) is 12.2. The van der Waals surface area contributed by atoms with Crippen LogP contribution in [0.1, 0.15) is 29.3 Å². The second kappa shape index (κ2) is 7.88. The summed E-state index contributed by atoms with van der Waals surface area (Å²) in [6.07, 6.45) is 2.81. The number of hydrogen-bond donors (Lipinski definition) is 1. The first kappa shape index (κ1) is 17.2. The van der Waals surface area contributed by atoms with Crippen molar-refractivity contribution in [3.8, 4) is 11.3 Å². The molecule has 1 amide bonds. The van der Waals surface area contributed by atoms with Crippen molar-refractivity contribution >= 4 is 5.91 Å². The van der Waals surface area contributed by atoms with E-state index < -0.39 is 0 Å². The summed E-state index contributed by atoms with van der Waals surface area (Å²) in [4.78, 5) is 18.7. The zero-order valence-corrected chi connectivity index (χ0v) is 14.3. The largest absolute Gasteiger partial charge is 0.350 e. The number of aromatic nitrogens is 1. The van der Waals surface area contributed by atoms with Gasteiger partial charge in [0.25, 0.3) is 5.91 Å². The lowest BCUT2D eigenvalue weighted by atomic mass is 10.1. The summed E-state index contributed by atoms with van der Waals surface area (Å²) in [5.74, 6) is -0.0333. The van der Waals surface area contributed by atoms with E-state index in [9.17, 15) is 4.79 Å². The molecule has 122 valence electrons. The van der Waals surface area contributed by atoms with Crippen molar-refractivity contribution in [1.82, 2.24) is 15.2 Å². The first-order valence-electron chi connectivity index (χ1n) is 7.99. The monoisotopic (exact) mass is 311 g/mol. The van der Waals surface area contributed by atoms with Crippen molar-refractivity contribution in [3.05, 3.63) is 53.7 Å². The van der Waals surface area contributed by atoms with Gasteiger partial charge >= 0.3 is 0 Å². The van der Waals surface area contributed by atoms with Crippen LogP contribution < -0.4 is 5.32 Å². The number of amides is 1. The maximum absolute atomic E-state index is 12.2. The number of benzene rings is 1. The lowest BCUT2D eigenvalue weighted by Gasteiger charge is -2.23. The predicted octanol–water partition coefficient (Wildman–Crippen LogP) is 3.13. The minimum absolute atomic E-state index is 0.0333. The van der Waals surface area contributed by atoms with Gasteiger partial charge in [0.2, 0.25) is 0 Å². The molecule has 0 aliphatic rings. The Balaban J connectivity index is 2.03. The summed E-state index contributed by atoms with van der Waals surface area (Å²) in [6.45, 7) is 4.83. The van der Waals surface area contributed by atoms with Crippen LogP contribution in [0.2, 0.25) is 0 Å². The molecule has 0 aliphatic carbocycles. The van der Waals surface area contributed by atoms with Crippen LogP contribution in [-0.2, 0) is 0 Å². The minimum atomic E-state index is -0.0333. The highest BCUT2D eigenvalue weighted by atomic mass is 16.1. The summed E-state index contributed by atoms with van der Waals surface area (Å²) in [7, 11) is 4.06. The Labute approximate surface area is 138 Å². The highest BCUT2D eigenvalue weighted by Gasteiger charge is 2.12. The van der Waals surface area contributed by atoms with Gasteiger partial charge in [-0.3, -0.25) is 9.78 Å². The summed E-state index contributed by atoms with van der Waals surface area (Å²) in [5.41, 5.74) is 3.79. The third-order valence-corrected chi connectivity index (χ3v) is 4.06. The number of carbonyl (C=O) groups is 1. The summed E-state index contributed by atoms with van der Waals surface area (Å²) in [6, 6.07) is 12.0. The van der Waals surface area contributed by atoms with Gasteiger partial charge in [0.1, 0.15) is 0 Å². The molecule has 0 bridgehead atoms. The number of hydrogen-bond acceptors (Lipinski definition) is 3. The number of pyridine rings is 1. The number of carbonyl (C=O) groups excluding carboxylic acids is 1. The molecule has 1 atom stereocenters. The summed E-state index contributed by atoms with van der Waals surface area (Å²) < 4.78 is 0. The third kappa shape index (κ3) is 4.63. The number of nitrogens with zero attached hydrogens (tertiary/aromatic N) is 2. The van der Waals surface area contributed by atoms with Gasteiger partial charge in [-0.05, 0) is 57.3 Å². The predicted molar refractivity (Wildman–Crippen MR) is 94.5 cm³/mol. The minimum Gasteiger partial charge on any atom is -0.350 e. The van der Waals surface area contributed by atoms with E-state index in [0.29, 0.717) is 18.2 Å². The van der Waals surface area contributed by atoms with Crippen LogP contribution >= 0.6 is 0 Å². The third-order valence-electron chi connectivity index (χ3n) is 4.06. The van der Waals surface area contributed by atoms with Crippen LogP contribution in [0.4, 0.5) is 0 Å². The molecule has 0 unspecified atom stereocenters. The van der Waals surface area contributed by atoms with E-state index in [0.717, 1.165) is 17.7 Å². The molecular weight excluding hydrogens is 286 g/mol. The van der Waals surface area contributed by atoms with Gasteiger partial charge in [-0.2, -0.15) is 0 Å². The summed E-state index contributed by atoms with van der Waals surface area (Å²) in [5, 5.41) is 3.00. The molecule has 0 saturated heterocycles. The van der Waals surface area contributed by atoms with Gasteiger partial charge in [-0.1, -0.05) is 19.1 Å². The van der Waals surface area contributed by atoms with Gasteiger partial charge in [-0.15, -0.1) is 0 Å². The molecule has 2 aromatic rings. The van der Waals surface area contributed by atoms with E-state index in [2.05, 4.69) is 22.1 Å². The zero-order valence-electron chi connectivity index (χ0n) is 14.3. The van der Waals surface area contributed by atoms with E-state index in [1.807, 2.05) is 57.4 Å². The van der Waals surface area contributed by atoms with E-state index in [1.165, 1.54) is 5.56 Å². The van der Waals surface area contributed by atoms with Crippen LogP contribution in [0.3, 0.4) is 0 Å². The van der Waals surface area contributed by atoms with Crippen LogP contribution in [0.5, 0.6) is 0 Å². The number of aryl methyl sites for hydroxylation is 1. The molecular formula is C19H25N3O. The molecule has 1 aromatic carbocycles. The second-order valence-electron chi connectivity index (χ2n) is 6.03. The SMILES string of the molecule is CC[C@H](CNC(=O)c1ccc(-c2cc(C)ccn2)cc1)N(C)C. The van der Waals surface area contributed by atoms with E-state index in [4.69, 9.17) is 0 Å². The maximum atomic E-state index is 12.2. The number of likely N-dealkylation sites (N-methyl/N-ethyl adjacent to an activating group) is 1. The summed E-state index contributed by atoms with van der Waals surface area (Å²) >= 11 is 0. The quantitative estimate of drug-likeness (QED) is 0.891. The van der Waals surface area contributed by atoms with E-state index in [1.54, 1.807) is 6.20 Å². The zero-order chi connectivity index (χ0) is 16.8. The number of nitrogens with one attached hydrogen (secondary N) is 1. The molecule has 4 heteroatoms. The highest BCUT2D eigenvalue weighted by molar-refractivity contribution is 5.94. The smallest absolute Gasteiger partial charge is 0.251 e. The molecule has 2 rings (SSSR count). The Morgan fingerprint density at radius 2 is 1.91 bits per heavy atom. The first-order chi connectivity index (χ1) is 11.0. The topological polar surface area (TPSA) is 45.2 Å². The van der Waals surface area contributed by atoms with Crippen molar-refractivity contribution in [2.24, 2.45) is 0 Å². The Bertz CT molecular complexity index is 650. The van der Waals surface area contributed by atoms with Crippen LogP contribution in [-0.4, -0.2) is 42.5 Å². The first-order valence-corrected chi connectivity index (χ1v) is 7.99. The van der Waals surface area contributed by atoms with Gasteiger partial charge in [0, 0.05) is 29.9 Å². The van der Waals surface area contributed by atoms with Crippen molar-refractivity contribution in [2.75, 3.05) is 20.6 Å². The molecule has 1 aromatic heterocycles. The van der Waals surface area contributed by atoms with Gasteiger partial charge < -0.3 is 10.2 Å². The molecule has 23 heavy (non-hydrogen) atoms. The fourth-order valence-electron chi connectivity index (χ4n) is 2.49. The fraction of sp³-hybridized carbons (Fsp3) is 0.368. The molecule has 0 spiro atoms. The van der Waals surface area contributed by atoms with E-state index in [-0.39, 0.29) is 5.91 Å². The Morgan fingerprint density at radius 3 is 2.48 bits per heavy atom.